The normalized spacial score (nSPS) is 11.6. The van der Waals surface area contributed by atoms with Crippen molar-refractivity contribution in [3.8, 4) is 0 Å². The fourth-order valence-corrected chi connectivity index (χ4v) is 3.25. The van der Waals surface area contributed by atoms with Crippen molar-refractivity contribution in [2.24, 2.45) is 5.92 Å². The molecule has 1 unspecified atom stereocenters. The summed E-state index contributed by atoms with van der Waals surface area (Å²) in [6, 6.07) is 0. The lowest BCUT2D eigenvalue weighted by atomic mass is 10.00. The summed E-state index contributed by atoms with van der Waals surface area (Å²) in [5.41, 5.74) is 0. The molecule has 0 saturated carbocycles. The standard InChI is InChI=1S/C24H42O4/c1-4-7-8-9-10-11-12-13-14-15-16-17-18-19-20-22(5-2)24(26)28-21-23(25)27-6-3/h5-6,22H,2-4,7-21H2,1H3. The van der Waals surface area contributed by atoms with E-state index < -0.39 is 11.9 Å². The lowest BCUT2D eigenvalue weighted by Gasteiger charge is -2.11. The monoisotopic (exact) mass is 394 g/mol. The van der Waals surface area contributed by atoms with Crippen LogP contribution in [0.2, 0.25) is 0 Å². The minimum Gasteiger partial charge on any atom is -0.453 e. The van der Waals surface area contributed by atoms with Gasteiger partial charge < -0.3 is 9.47 Å². The molecule has 28 heavy (non-hydrogen) atoms. The molecule has 4 heteroatoms. The highest BCUT2D eigenvalue weighted by Gasteiger charge is 2.17. The molecule has 0 heterocycles. The van der Waals surface area contributed by atoms with Gasteiger partial charge in [-0.3, -0.25) is 4.79 Å². The van der Waals surface area contributed by atoms with E-state index in [4.69, 9.17) is 4.74 Å². The Morgan fingerprint density at radius 3 is 1.68 bits per heavy atom. The van der Waals surface area contributed by atoms with Gasteiger partial charge >= 0.3 is 11.9 Å². The van der Waals surface area contributed by atoms with Crippen LogP contribution in [0.4, 0.5) is 0 Å². The van der Waals surface area contributed by atoms with E-state index in [1.54, 1.807) is 6.08 Å². The van der Waals surface area contributed by atoms with Gasteiger partial charge in [-0.25, -0.2) is 4.79 Å². The number of ether oxygens (including phenoxy) is 2. The molecule has 0 radical (unpaired) electrons. The molecule has 0 amide bonds. The Balaban J connectivity index is 3.50. The minimum atomic E-state index is -0.623. The summed E-state index contributed by atoms with van der Waals surface area (Å²) in [7, 11) is 0. The molecule has 4 nitrogen and oxygen atoms in total. The zero-order valence-corrected chi connectivity index (χ0v) is 18.1. The number of unbranched alkanes of at least 4 members (excludes halogenated alkanes) is 13. The van der Waals surface area contributed by atoms with Gasteiger partial charge in [-0.15, -0.1) is 6.58 Å². The Hall–Kier alpha value is -1.58. The van der Waals surface area contributed by atoms with Crippen molar-refractivity contribution in [1.82, 2.24) is 0 Å². The van der Waals surface area contributed by atoms with Crippen molar-refractivity contribution in [2.45, 2.75) is 103 Å². The van der Waals surface area contributed by atoms with Crippen LogP contribution in [0.1, 0.15) is 103 Å². The topological polar surface area (TPSA) is 52.6 Å². The van der Waals surface area contributed by atoms with E-state index in [-0.39, 0.29) is 12.5 Å². The molecule has 0 aliphatic heterocycles. The average Bonchev–Trinajstić information content (AvgIpc) is 2.69. The van der Waals surface area contributed by atoms with Crippen LogP contribution in [-0.2, 0) is 19.1 Å². The summed E-state index contributed by atoms with van der Waals surface area (Å²) in [6.45, 7) is 8.86. The van der Waals surface area contributed by atoms with E-state index in [0.717, 1.165) is 25.5 Å². The summed E-state index contributed by atoms with van der Waals surface area (Å²) in [4.78, 5) is 23.1. The first-order valence-electron chi connectivity index (χ1n) is 11.2. The first-order chi connectivity index (χ1) is 13.7. The van der Waals surface area contributed by atoms with E-state index in [9.17, 15) is 9.59 Å². The van der Waals surface area contributed by atoms with Crippen molar-refractivity contribution in [2.75, 3.05) is 6.61 Å². The minimum absolute atomic E-state index is 0.353. The van der Waals surface area contributed by atoms with Gasteiger partial charge in [0.2, 0.25) is 0 Å². The highest BCUT2D eigenvalue weighted by atomic mass is 16.6. The maximum Gasteiger partial charge on any atom is 0.349 e. The van der Waals surface area contributed by atoms with Crippen molar-refractivity contribution in [3.05, 3.63) is 25.5 Å². The van der Waals surface area contributed by atoms with E-state index in [1.807, 2.05) is 0 Å². The summed E-state index contributed by atoms with van der Waals surface area (Å²) in [6.07, 6.45) is 21.7. The third-order valence-electron chi connectivity index (χ3n) is 5.00. The Kier molecular flexibility index (Phi) is 19.0. The van der Waals surface area contributed by atoms with Gasteiger partial charge in [-0.1, -0.05) is 109 Å². The molecule has 0 aliphatic rings. The maximum atomic E-state index is 11.9. The Labute approximate surface area is 172 Å². The van der Waals surface area contributed by atoms with E-state index in [2.05, 4.69) is 24.8 Å². The number of carbonyl (C=O) groups is 2. The van der Waals surface area contributed by atoms with Gasteiger partial charge in [0.15, 0.2) is 6.61 Å². The summed E-state index contributed by atoms with van der Waals surface area (Å²) >= 11 is 0. The fourth-order valence-electron chi connectivity index (χ4n) is 3.25. The molecule has 0 rings (SSSR count). The molecule has 0 N–H and O–H groups in total. The van der Waals surface area contributed by atoms with E-state index in [0.29, 0.717) is 0 Å². The molecule has 0 fully saturated rings. The highest BCUT2D eigenvalue weighted by molar-refractivity contribution is 5.79. The van der Waals surface area contributed by atoms with Gasteiger partial charge in [0, 0.05) is 0 Å². The molecule has 0 spiro atoms. The second-order valence-corrected chi connectivity index (χ2v) is 7.49. The van der Waals surface area contributed by atoms with Crippen molar-refractivity contribution >= 4 is 11.9 Å². The quantitative estimate of drug-likeness (QED) is 0.0976. The molecule has 1 atom stereocenters. The van der Waals surface area contributed by atoms with Crippen LogP contribution in [-0.4, -0.2) is 18.5 Å². The predicted octanol–water partition coefficient (Wildman–Crippen LogP) is 6.89. The number of carbonyl (C=O) groups excluding carboxylic acids is 2. The summed E-state index contributed by atoms with van der Waals surface area (Å²) in [5, 5.41) is 0. The smallest absolute Gasteiger partial charge is 0.349 e. The fraction of sp³-hybridized carbons (Fsp3) is 0.750. The van der Waals surface area contributed by atoms with Crippen molar-refractivity contribution in [3.63, 3.8) is 0 Å². The lowest BCUT2D eigenvalue weighted by Crippen LogP contribution is -2.20. The molecule has 162 valence electrons. The highest BCUT2D eigenvalue weighted by Crippen LogP contribution is 2.16. The van der Waals surface area contributed by atoms with E-state index in [1.165, 1.54) is 77.0 Å². The maximum absolute atomic E-state index is 11.9. The first-order valence-corrected chi connectivity index (χ1v) is 11.2. The molecular formula is C24H42O4. The number of hydrogen-bond acceptors (Lipinski definition) is 4. The molecule has 0 aromatic heterocycles. The summed E-state index contributed by atoms with van der Waals surface area (Å²) in [5.74, 6) is -1.39. The molecule has 0 aromatic rings. The van der Waals surface area contributed by atoms with Crippen LogP contribution in [0.15, 0.2) is 25.5 Å². The van der Waals surface area contributed by atoms with Gasteiger partial charge in [-0.05, 0) is 6.42 Å². The van der Waals surface area contributed by atoms with E-state index >= 15 is 0 Å². The SMILES string of the molecule is C=COC(=O)COC(=O)C(C=C)CCCCCCCCCCCCCCCC. The van der Waals surface area contributed by atoms with Crippen LogP contribution in [0, 0.1) is 5.92 Å². The van der Waals surface area contributed by atoms with Crippen molar-refractivity contribution in [1.29, 1.82) is 0 Å². The summed E-state index contributed by atoms with van der Waals surface area (Å²) < 4.78 is 9.46. The van der Waals surface area contributed by atoms with Crippen LogP contribution in [0.3, 0.4) is 0 Å². The third kappa shape index (κ3) is 16.6. The van der Waals surface area contributed by atoms with Gasteiger partial charge in [0.05, 0.1) is 12.2 Å². The Morgan fingerprint density at radius 2 is 1.25 bits per heavy atom. The van der Waals surface area contributed by atoms with Crippen LogP contribution >= 0.6 is 0 Å². The molecule has 0 saturated heterocycles. The predicted molar refractivity (Wildman–Crippen MR) is 116 cm³/mol. The van der Waals surface area contributed by atoms with Crippen molar-refractivity contribution < 1.29 is 19.1 Å². The number of hydrogen-bond donors (Lipinski definition) is 0. The van der Waals surface area contributed by atoms with Gasteiger partial charge in [0.25, 0.3) is 0 Å². The third-order valence-corrected chi connectivity index (χ3v) is 5.00. The largest absolute Gasteiger partial charge is 0.453 e. The molecule has 0 aromatic carbocycles. The number of esters is 2. The Morgan fingerprint density at radius 1 is 0.786 bits per heavy atom. The second-order valence-electron chi connectivity index (χ2n) is 7.49. The van der Waals surface area contributed by atoms with Gasteiger partial charge in [0.1, 0.15) is 0 Å². The zero-order chi connectivity index (χ0) is 20.9. The molecular weight excluding hydrogens is 352 g/mol. The van der Waals surface area contributed by atoms with Crippen LogP contribution in [0.5, 0.6) is 0 Å². The average molecular weight is 395 g/mol. The zero-order valence-electron chi connectivity index (χ0n) is 18.1. The Bertz CT molecular complexity index is 417. The van der Waals surface area contributed by atoms with Gasteiger partial charge in [-0.2, -0.15) is 0 Å². The number of rotatable bonds is 20. The lowest BCUT2D eigenvalue weighted by molar-refractivity contribution is -0.157. The first kappa shape index (κ1) is 26.4. The second kappa shape index (κ2) is 20.2. The van der Waals surface area contributed by atoms with Crippen LogP contribution in [0.25, 0.3) is 0 Å². The van der Waals surface area contributed by atoms with Crippen LogP contribution < -0.4 is 0 Å². The molecule has 0 aliphatic carbocycles. The molecule has 0 bridgehead atoms.